The van der Waals surface area contributed by atoms with Gasteiger partial charge in [0, 0.05) is 26.4 Å². The Kier molecular flexibility index (Phi) is 1.88. The molecule has 1 aliphatic heterocycles. The van der Waals surface area contributed by atoms with Crippen molar-refractivity contribution in [2.24, 2.45) is 0 Å². The predicted molar refractivity (Wildman–Crippen MR) is 82.5 cm³/mol. The maximum atomic E-state index is 11.6. The first-order valence-corrected chi connectivity index (χ1v) is 6.48. The van der Waals surface area contributed by atoms with Crippen molar-refractivity contribution in [3.05, 3.63) is 35.5 Å². The molecule has 3 rings (SSSR count). The monoisotopic (exact) mass is 296 g/mol. The van der Waals surface area contributed by atoms with E-state index < -0.39 is 43.6 Å². The Bertz CT molecular complexity index is 1020. The SMILES string of the molecule is [2H]c1c(C[C@@H]2N([2H])C(=O)OC2([2H])[2H])c([2H])c2c(C([2H])([2H])CN(C)C)cn([2H])c2c1[2H]. The predicted octanol–water partition coefficient (Wildman–Crippen LogP) is 1.92. The van der Waals surface area contributed by atoms with Gasteiger partial charge in [0.15, 0.2) is 2.82 Å². The summed E-state index contributed by atoms with van der Waals surface area (Å²) in [6.07, 6.45) is -2.44. The summed E-state index contributed by atoms with van der Waals surface area (Å²) in [5.74, 6) is 0. The molecule has 1 aromatic carbocycles. The maximum Gasteiger partial charge on any atom is 0.407 e. The van der Waals surface area contributed by atoms with E-state index in [1.165, 1.54) is 6.20 Å². The van der Waals surface area contributed by atoms with Gasteiger partial charge < -0.3 is 19.9 Å². The van der Waals surface area contributed by atoms with Crippen LogP contribution in [0.4, 0.5) is 4.79 Å². The highest BCUT2D eigenvalue weighted by Gasteiger charge is 2.22. The summed E-state index contributed by atoms with van der Waals surface area (Å²) >= 11 is 0. The standard InChI is InChI=1S/C16H21N3O2/c1-19(2)6-5-12-9-17-15-4-3-11(8-14(12)15)7-13-10-21-16(20)18-13/h3-4,8-9,13,17H,5-7,10H2,1-2H3,(H,18,20)/t13-/m0/s1/i3D,4D,5D2,8D,10D2/hD2. The first-order valence-electron chi connectivity index (χ1n) is 10.9. The summed E-state index contributed by atoms with van der Waals surface area (Å²) in [5.41, 5.74) is -0.216. The number of hydrogen-bond donors (Lipinski definition) is 2. The number of likely N-dealkylation sites (N-methyl/N-ethyl adjacent to an activating group) is 1. The Balaban J connectivity index is 2.22. The van der Waals surface area contributed by atoms with Gasteiger partial charge in [-0.15, -0.1) is 0 Å². The van der Waals surface area contributed by atoms with Crippen LogP contribution in [-0.2, 0) is 17.5 Å². The summed E-state index contributed by atoms with van der Waals surface area (Å²) in [4.78, 5) is 14.0. The van der Waals surface area contributed by atoms with Gasteiger partial charge in [0.1, 0.15) is 6.56 Å². The smallest absolute Gasteiger partial charge is 0.407 e. The van der Waals surface area contributed by atoms with Crippen molar-refractivity contribution in [2.45, 2.75) is 18.8 Å². The van der Waals surface area contributed by atoms with Crippen LogP contribution < -0.4 is 5.31 Å². The van der Waals surface area contributed by atoms with Crippen molar-refractivity contribution < 1.29 is 22.0 Å². The second-order valence-electron chi connectivity index (χ2n) is 5.00. The minimum atomic E-state index is -2.53. The number of ether oxygens (including phenoxy) is 1. The number of amides is 1. The molecule has 2 aromatic rings. The van der Waals surface area contributed by atoms with Crippen LogP contribution in [0.2, 0.25) is 2.82 Å². The third kappa shape index (κ3) is 3.19. The van der Waals surface area contributed by atoms with E-state index in [1.54, 1.807) is 19.0 Å². The zero-order valence-electron chi connectivity index (χ0n) is 20.7. The topological polar surface area (TPSA) is 57.4 Å². The van der Waals surface area contributed by atoms with Crippen LogP contribution in [0.1, 0.15) is 20.7 Å². The third-order valence-electron chi connectivity index (χ3n) is 2.96. The highest BCUT2D eigenvalue weighted by molar-refractivity contribution is 5.84. The number of nitrogens with zero attached hydrogens (tertiary/aromatic N) is 1. The summed E-state index contributed by atoms with van der Waals surface area (Å²) < 4.78 is 78.0. The van der Waals surface area contributed by atoms with E-state index in [-0.39, 0.29) is 34.6 Å². The van der Waals surface area contributed by atoms with Gasteiger partial charge in [-0.25, -0.2) is 4.79 Å². The second-order valence-corrected chi connectivity index (χ2v) is 5.00. The number of alkyl carbamates (subject to hydrolysis) is 1. The van der Waals surface area contributed by atoms with Gasteiger partial charge in [-0.2, -0.15) is 0 Å². The highest BCUT2D eigenvalue weighted by Crippen LogP contribution is 2.21. The number of nitrogens with one attached hydrogen (secondary N) is 2. The van der Waals surface area contributed by atoms with Gasteiger partial charge >= 0.3 is 6.09 Å². The van der Waals surface area contributed by atoms with Crippen LogP contribution in [0.3, 0.4) is 0 Å². The Labute approximate surface area is 137 Å². The van der Waals surface area contributed by atoms with Gasteiger partial charge in [-0.3, -0.25) is 0 Å². The minimum Gasteiger partial charge on any atom is -0.447 e. The van der Waals surface area contributed by atoms with Crippen molar-refractivity contribution in [3.63, 3.8) is 0 Å². The Morgan fingerprint density at radius 2 is 2.48 bits per heavy atom. The number of hydrogen-bond acceptors (Lipinski definition) is 3. The molecule has 0 spiro atoms. The lowest BCUT2D eigenvalue weighted by Gasteiger charge is -2.09. The lowest BCUT2D eigenvalue weighted by Crippen LogP contribution is -2.28. The summed E-state index contributed by atoms with van der Waals surface area (Å²) in [6.45, 7) is -2.58. The number of benzene rings is 1. The molecular formula is C16H21N3O2. The molecule has 1 aromatic heterocycles. The second kappa shape index (κ2) is 5.77. The fraction of sp³-hybridized carbons (Fsp3) is 0.438. The number of aromatic nitrogens is 1. The quantitative estimate of drug-likeness (QED) is 0.886. The Morgan fingerprint density at radius 3 is 3.19 bits per heavy atom. The fourth-order valence-corrected chi connectivity index (χ4v) is 1.98. The number of H-pyrrole nitrogens is 1. The minimum absolute atomic E-state index is 0.00504. The molecule has 2 heterocycles. The molecule has 0 saturated carbocycles. The fourth-order valence-electron chi connectivity index (χ4n) is 1.98. The molecule has 21 heavy (non-hydrogen) atoms. The highest BCUT2D eigenvalue weighted by atomic mass is 16.6. The number of aromatic amines is 1. The van der Waals surface area contributed by atoms with E-state index in [9.17, 15) is 4.79 Å². The largest absolute Gasteiger partial charge is 0.447 e. The Hall–Kier alpha value is -2.01. The molecular weight excluding hydrogens is 266 g/mol. The normalized spacial score (nSPS) is 28.0. The van der Waals surface area contributed by atoms with E-state index >= 15 is 0 Å². The average Bonchev–Trinajstić information content (AvgIpc) is 3.04. The Morgan fingerprint density at radius 1 is 1.62 bits per heavy atom. The third-order valence-corrected chi connectivity index (χ3v) is 2.96. The van der Waals surface area contributed by atoms with Crippen molar-refractivity contribution in [2.75, 3.05) is 27.2 Å². The summed E-state index contributed by atoms with van der Waals surface area (Å²) in [5, 5.41) is 0.282. The van der Waals surface area contributed by atoms with Crippen LogP contribution in [0.15, 0.2) is 24.3 Å². The van der Waals surface area contributed by atoms with Crippen LogP contribution in [0, 0.1) is 0 Å². The summed E-state index contributed by atoms with van der Waals surface area (Å²) in [6, 6.07) is -2.64. The van der Waals surface area contributed by atoms with Crippen LogP contribution >= 0.6 is 0 Å². The zero-order valence-corrected chi connectivity index (χ0v) is 11.7. The molecule has 0 unspecified atom stereocenters. The number of fused-ring (bicyclic) bond motifs is 1. The number of carbonyl (C=O) groups excluding carboxylic acids is 1. The molecule has 5 heteroatoms. The molecule has 0 radical (unpaired) electrons. The zero-order chi connectivity index (χ0) is 22.8. The van der Waals surface area contributed by atoms with Gasteiger partial charge in [-0.1, -0.05) is 6.04 Å². The summed E-state index contributed by atoms with van der Waals surface area (Å²) in [7, 11) is 3.34. The van der Waals surface area contributed by atoms with Gasteiger partial charge in [0.2, 0.25) is 0 Å². The van der Waals surface area contributed by atoms with Crippen molar-refractivity contribution in [3.8, 4) is 0 Å². The van der Waals surface area contributed by atoms with E-state index in [1.807, 2.05) is 0 Å². The molecule has 0 aliphatic carbocycles. The van der Waals surface area contributed by atoms with Gasteiger partial charge in [0.05, 0.1) is 12.9 Å². The van der Waals surface area contributed by atoms with E-state index in [2.05, 4.69) is 4.74 Å². The molecule has 1 atom stereocenters. The van der Waals surface area contributed by atoms with Crippen molar-refractivity contribution in [1.29, 1.82) is 0 Å². The molecule has 1 saturated heterocycles. The lowest BCUT2D eigenvalue weighted by atomic mass is 10.0. The van der Waals surface area contributed by atoms with Gasteiger partial charge in [0.25, 0.3) is 0 Å². The first kappa shape index (κ1) is 6.83. The molecule has 1 aliphatic rings. The van der Waals surface area contributed by atoms with Crippen molar-refractivity contribution >= 4 is 17.0 Å². The first-order chi connectivity index (χ1) is 13.7. The average molecular weight is 296 g/mol. The maximum absolute atomic E-state index is 11.6. The molecule has 1 amide bonds. The van der Waals surface area contributed by atoms with E-state index in [4.69, 9.17) is 12.4 Å². The molecule has 1 fully saturated rings. The van der Waals surface area contributed by atoms with E-state index in [0.29, 0.717) is 5.31 Å². The molecule has 0 bridgehead atoms. The molecule has 2 N–H and O–H groups in total. The number of carbonyl (C=O) groups is 1. The van der Waals surface area contributed by atoms with Crippen LogP contribution in [0.25, 0.3) is 10.9 Å². The van der Waals surface area contributed by atoms with Gasteiger partial charge in [-0.05, 0) is 50.1 Å². The molecule has 5 nitrogen and oxygen atoms in total. The lowest BCUT2D eigenvalue weighted by molar-refractivity contribution is 0.177. The number of cyclic esters (lactones) is 1. The van der Waals surface area contributed by atoms with Crippen molar-refractivity contribution in [1.82, 2.24) is 15.2 Å². The molecule has 112 valence electrons. The number of rotatable bonds is 5. The van der Waals surface area contributed by atoms with E-state index in [0.717, 1.165) is 4.98 Å². The van der Waals surface area contributed by atoms with Crippen LogP contribution in [-0.4, -0.2) is 49.2 Å². The van der Waals surface area contributed by atoms with Crippen LogP contribution in [0.5, 0.6) is 0 Å².